The molecule has 1 aliphatic carbocycles. The summed E-state index contributed by atoms with van der Waals surface area (Å²) >= 11 is 0. The average molecular weight is 411 g/mol. The molecular formula is C25H46O4. The second kappa shape index (κ2) is 14.8. The van der Waals surface area contributed by atoms with Crippen LogP contribution in [0.1, 0.15) is 118 Å². The molecule has 0 heterocycles. The molecule has 0 radical (unpaired) electrons. The van der Waals surface area contributed by atoms with Crippen molar-refractivity contribution >= 4 is 11.9 Å². The van der Waals surface area contributed by atoms with Crippen molar-refractivity contribution < 1.29 is 19.1 Å². The SMILES string of the molecule is CCCCCCC(C)OC(=O)C1CCC(C)CC1C(=O)OC(C)CCCCCC. The Morgan fingerprint density at radius 3 is 1.72 bits per heavy atom. The number of ether oxygens (including phenoxy) is 2. The van der Waals surface area contributed by atoms with Crippen molar-refractivity contribution in [2.24, 2.45) is 17.8 Å². The zero-order valence-corrected chi connectivity index (χ0v) is 19.7. The Bertz CT molecular complexity index is 462. The molecule has 4 nitrogen and oxygen atoms in total. The van der Waals surface area contributed by atoms with Gasteiger partial charge in [-0.25, -0.2) is 0 Å². The van der Waals surface area contributed by atoms with E-state index in [4.69, 9.17) is 9.47 Å². The van der Waals surface area contributed by atoms with Gasteiger partial charge in [0.2, 0.25) is 0 Å². The zero-order chi connectivity index (χ0) is 21.6. The van der Waals surface area contributed by atoms with E-state index in [1.165, 1.54) is 38.5 Å². The number of carbonyl (C=O) groups is 2. The van der Waals surface area contributed by atoms with Crippen LogP contribution in [0.15, 0.2) is 0 Å². The van der Waals surface area contributed by atoms with Crippen LogP contribution in [0.4, 0.5) is 0 Å². The topological polar surface area (TPSA) is 52.6 Å². The van der Waals surface area contributed by atoms with Crippen LogP contribution < -0.4 is 0 Å². The number of hydrogen-bond acceptors (Lipinski definition) is 4. The van der Waals surface area contributed by atoms with Crippen LogP contribution in [0.3, 0.4) is 0 Å². The fourth-order valence-electron chi connectivity index (χ4n) is 4.33. The van der Waals surface area contributed by atoms with Crippen LogP contribution in [0.2, 0.25) is 0 Å². The highest BCUT2D eigenvalue weighted by molar-refractivity contribution is 5.82. The van der Waals surface area contributed by atoms with Gasteiger partial charge in [0.25, 0.3) is 0 Å². The van der Waals surface area contributed by atoms with E-state index in [0.717, 1.165) is 44.9 Å². The monoisotopic (exact) mass is 410 g/mol. The molecule has 1 aliphatic rings. The summed E-state index contributed by atoms with van der Waals surface area (Å²) in [6, 6.07) is 0. The highest BCUT2D eigenvalue weighted by Gasteiger charge is 2.40. The van der Waals surface area contributed by atoms with Crippen LogP contribution in [0.25, 0.3) is 0 Å². The maximum atomic E-state index is 12.9. The van der Waals surface area contributed by atoms with Crippen LogP contribution >= 0.6 is 0 Å². The Kier molecular flexibility index (Phi) is 13.3. The van der Waals surface area contributed by atoms with Crippen LogP contribution in [-0.2, 0) is 19.1 Å². The van der Waals surface area contributed by atoms with Gasteiger partial charge in [-0.15, -0.1) is 0 Å². The Hall–Kier alpha value is -1.06. The molecule has 0 spiro atoms. The zero-order valence-electron chi connectivity index (χ0n) is 19.7. The minimum absolute atomic E-state index is 0.0761. The van der Waals surface area contributed by atoms with Crippen LogP contribution in [0.5, 0.6) is 0 Å². The van der Waals surface area contributed by atoms with E-state index in [1.807, 2.05) is 13.8 Å². The van der Waals surface area contributed by atoms with Crippen molar-refractivity contribution in [3.8, 4) is 0 Å². The third kappa shape index (κ3) is 10.5. The van der Waals surface area contributed by atoms with Crippen molar-refractivity contribution in [1.82, 2.24) is 0 Å². The molecule has 0 aliphatic heterocycles. The van der Waals surface area contributed by atoms with Gasteiger partial charge in [-0.1, -0.05) is 59.3 Å². The highest BCUT2D eigenvalue weighted by atomic mass is 16.6. The van der Waals surface area contributed by atoms with Crippen molar-refractivity contribution in [2.45, 2.75) is 130 Å². The molecule has 5 atom stereocenters. The Labute approximate surface area is 179 Å². The quantitative estimate of drug-likeness (QED) is 0.232. The first-order chi connectivity index (χ1) is 13.9. The summed E-state index contributed by atoms with van der Waals surface area (Å²) in [6.45, 7) is 10.5. The average Bonchev–Trinajstić information content (AvgIpc) is 2.68. The summed E-state index contributed by atoms with van der Waals surface area (Å²) < 4.78 is 11.5. The molecular weight excluding hydrogens is 364 g/mol. The van der Waals surface area contributed by atoms with E-state index < -0.39 is 0 Å². The molecule has 0 saturated heterocycles. The molecule has 0 bridgehead atoms. The van der Waals surface area contributed by atoms with Gasteiger partial charge in [0, 0.05) is 0 Å². The first-order valence-corrected chi connectivity index (χ1v) is 12.3. The van der Waals surface area contributed by atoms with Gasteiger partial charge in [-0.2, -0.15) is 0 Å². The maximum absolute atomic E-state index is 12.9. The second-order valence-corrected chi connectivity index (χ2v) is 9.32. The summed E-state index contributed by atoms with van der Waals surface area (Å²) in [7, 11) is 0. The maximum Gasteiger partial charge on any atom is 0.310 e. The highest BCUT2D eigenvalue weighted by Crippen LogP contribution is 2.36. The molecule has 0 aromatic carbocycles. The van der Waals surface area contributed by atoms with Gasteiger partial charge in [0.05, 0.1) is 24.0 Å². The number of carbonyl (C=O) groups excluding carboxylic acids is 2. The number of hydrogen-bond donors (Lipinski definition) is 0. The fraction of sp³-hybridized carbons (Fsp3) is 0.920. The smallest absolute Gasteiger partial charge is 0.310 e. The van der Waals surface area contributed by atoms with E-state index in [1.54, 1.807) is 0 Å². The molecule has 1 saturated carbocycles. The Morgan fingerprint density at radius 1 is 0.759 bits per heavy atom. The number of unbranched alkanes of at least 4 members (excludes halogenated alkanes) is 6. The fourth-order valence-corrected chi connectivity index (χ4v) is 4.33. The predicted octanol–water partition coefficient (Wildman–Crippen LogP) is 6.84. The minimum Gasteiger partial charge on any atom is -0.462 e. The molecule has 0 aromatic rings. The molecule has 4 heteroatoms. The normalized spacial score (nSPS) is 24.0. The van der Waals surface area contributed by atoms with Gasteiger partial charge < -0.3 is 9.47 Å². The summed E-state index contributed by atoms with van der Waals surface area (Å²) in [4.78, 5) is 25.7. The Balaban J connectivity index is 2.53. The summed E-state index contributed by atoms with van der Waals surface area (Å²) in [6.07, 6.45) is 13.5. The molecule has 5 unspecified atom stereocenters. The van der Waals surface area contributed by atoms with Crippen molar-refractivity contribution in [1.29, 1.82) is 0 Å². The largest absolute Gasteiger partial charge is 0.462 e. The molecule has 1 rings (SSSR count). The summed E-state index contributed by atoms with van der Waals surface area (Å²) in [5.74, 6) is -0.641. The lowest BCUT2D eigenvalue weighted by Gasteiger charge is -2.33. The number of esters is 2. The lowest BCUT2D eigenvalue weighted by atomic mass is 9.74. The Morgan fingerprint density at radius 2 is 1.24 bits per heavy atom. The number of rotatable bonds is 14. The lowest BCUT2D eigenvalue weighted by Crippen LogP contribution is -2.39. The molecule has 0 N–H and O–H groups in total. The lowest BCUT2D eigenvalue weighted by molar-refractivity contribution is -0.169. The standard InChI is InChI=1S/C25H46O4/c1-6-8-10-12-14-20(4)28-24(26)22-17-16-19(3)18-23(22)25(27)29-21(5)15-13-11-9-7-2/h19-23H,6-18H2,1-5H3. The van der Waals surface area contributed by atoms with Gasteiger partial charge in [0.15, 0.2) is 0 Å². The van der Waals surface area contributed by atoms with Crippen molar-refractivity contribution in [3.63, 3.8) is 0 Å². The van der Waals surface area contributed by atoms with Gasteiger partial charge >= 0.3 is 11.9 Å². The first kappa shape index (κ1) is 26.0. The van der Waals surface area contributed by atoms with Crippen molar-refractivity contribution in [3.05, 3.63) is 0 Å². The third-order valence-corrected chi connectivity index (χ3v) is 6.28. The predicted molar refractivity (Wildman–Crippen MR) is 119 cm³/mol. The molecule has 1 fully saturated rings. The van der Waals surface area contributed by atoms with Crippen LogP contribution in [-0.4, -0.2) is 24.1 Å². The molecule has 170 valence electrons. The van der Waals surface area contributed by atoms with Gasteiger partial charge in [0.1, 0.15) is 0 Å². The minimum atomic E-state index is -0.350. The molecule has 0 amide bonds. The van der Waals surface area contributed by atoms with Crippen LogP contribution in [0, 0.1) is 17.8 Å². The molecule has 0 aromatic heterocycles. The van der Waals surface area contributed by atoms with E-state index in [9.17, 15) is 9.59 Å². The van der Waals surface area contributed by atoms with Crippen molar-refractivity contribution in [2.75, 3.05) is 0 Å². The van der Waals surface area contributed by atoms with E-state index in [-0.39, 0.29) is 36.0 Å². The molecule has 29 heavy (non-hydrogen) atoms. The first-order valence-electron chi connectivity index (χ1n) is 12.3. The summed E-state index contributed by atoms with van der Waals surface area (Å²) in [5, 5.41) is 0. The van der Waals surface area contributed by atoms with E-state index in [2.05, 4.69) is 20.8 Å². The third-order valence-electron chi connectivity index (χ3n) is 6.28. The summed E-state index contributed by atoms with van der Waals surface area (Å²) in [5.41, 5.74) is 0. The second-order valence-electron chi connectivity index (χ2n) is 9.32. The van der Waals surface area contributed by atoms with Gasteiger partial charge in [-0.3, -0.25) is 9.59 Å². The van der Waals surface area contributed by atoms with E-state index >= 15 is 0 Å². The van der Waals surface area contributed by atoms with E-state index in [0.29, 0.717) is 5.92 Å². The van der Waals surface area contributed by atoms with Gasteiger partial charge in [-0.05, 0) is 64.7 Å².